The summed E-state index contributed by atoms with van der Waals surface area (Å²) in [4.78, 5) is 28.6. The molecule has 0 aromatic heterocycles. The van der Waals surface area contributed by atoms with Crippen LogP contribution < -0.4 is 5.32 Å². The summed E-state index contributed by atoms with van der Waals surface area (Å²) in [6.07, 6.45) is -7.58. The number of nitrogens with zero attached hydrogens (tertiary/aromatic N) is 2. The standard InChI is InChI=1S/C28H36F3N3O4/c1-17(2)24-32-22(25(36)33(24)16-19-12-9-13-20(14-19)28(29,30)31)23(35)21(15-18-10-7-6-8-11-18)34(26(37)38)27(3,4)5/h6-14,17,21-24,32,35H,15-16H2,1-5H3,(H,37,38)/t21-,22-,23-,24?/m0/s1. The summed E-state index contributed by atoms with van der Waals surface area (Å²) in [7, 11) is 0. The molecule has 38 heavy (non-hydrogen) atoms. The fourth-order valence-electron chi connectivity index (χ4n) is 5.05. The lowest BCUT2D eigenvalue weighted by Gasteiger charge is -2.42. The summed E-state index contributed by atoms with van der Waals surface area (Å²) in [5.74, 6) is -0.626. The average Bonchev–Trinajstić information content (AvgIpc) is 3.13. The second-order valence-corrected chi connectivity index (χ2v) is 11.1. The van der Waals surface area contributed by atoms with Crippen molar-refractivity contribution in [3.63, 3.8) is 0 Å². The minimum absolute atomic E-state index is 0.0902. The number of benzene rings is 2. The first kappa shape index (κ1) is 29.4. The molecule has 1 aliphatic heterocycles. The molecule has 0 saturated carbocycles. The van der Waals surface area contributed by atoms with Crippen molar-refractivity contribution < 1.29 is 33.0 Å². The van der Waals surface area contributed by atoms with Crippen LogP contribution in [0.15, 0.2) is 54.6 Å². The van der Waals surface area contributed by atoms with Crippen molar-refractivity contribution >= 4 is 12.0 Å². The number of carbonyl (C=O) groups is 2. The van der Waals surface area contributed by atoms with E-state index in [1.165, 1.54) is 21.9 Å². The monoisotopic (exact) mass is 535 g/mol. The summed E-state index contributed by atoms with van der Waals surface area (Å²) in [6, 6.07) is 11.8. The van der Waals surface area contributed by atoms with Gasteiger partial charge in [0, 0.05) is 12.1 Å². The van der Waals surface area contributed by atoms with E-state index in [2.05, 4.69) is 5.32 Å². The molecule has 1 unspecified atom stereocenters. The fraction of sp³-hybridized carbons (Fsp3) is 0.500. The Labute approximate surface area is 221 Å². The highest BCUT2D eigenvalue weighted by Crippen LogP contribution is 2.32. The third kappa shape index (κ3) is 6.66. The van der Waals surface area contributed by atoms with Gasteiger partial charge in [-0.25, -0.2) is 4.79 Å². The number of hydrogen-bond acceptors (Lipinski definition) is 4. The zero-order chi connectivity index (χ0) is 28.4. The molecule has 4 atom stereocenters. The Bertz CT molecular complexity index is 1120. The molecule has 3 N–H and O–H groups in total. The van der Waals surface area contributed by atoms with Crippen LogP contribution in [-0.4, -0.2) is 61.9 Å². The van der Waals surface area contributed by atoms with E-state index in [4.69, 9.17) is 0 Å². The molecule has 0 bridgehead atoms. The molecule has 3 rings (SSSR count). The first-order chi connectivity index (χ1) is 17.6. The van der Waals surface area contributed by atoms with Crippen LogP contribution >= 0.6 is 0 Å². The number of aliphatic hydroxyl groups is 1. The molecule has 0 radical (unpaired) electrons. The number of carboxylic acid groups (broad SMARTS) is 1. The summed E-state index contributed by atoms with van der Waals surface area (Å²) in [6.45, 7) is 8.77. The first-order valence-corrected chi connectivity index (χ1v) is 12.6. The minimum atomic E-state index is -4.52. The van der Waals surface area contributed by atoms with E-state index >= 15 is 0 Å². The molecule has 1 saturated heterocycles. The molecule has 0 spiro atoms. The molecule has 1 aliphatic rings. The lowest BCUT2D eigenvalue weighted by Crippen LogP contribution is -2.61. The van der Waals surface area contributed by atoms with E-state index in [1.807, 2.05) is 44.2 Å². The molecule has 1 fully saturated rings. The molecular formula is C28H36F3N3O4. The minimum Gasteiger partial charge on any atom is -0.465 e. The third-order valence-corrected chi connectivity index (χ3v) is 6.76. The SMILES string of the molecule is CC(C)C1N[C@@H]([C@@H](O)[C@H](Cc2ccccc2)N(C(=O)O)C(C)(C)C)C(=O)N1Cc1cccc(C(F)(F)F)c1. The van der Waals surface area contributed by atoms with Gasteiger partial charge in [-0.05, 0) is 56.4 Å². The highest BCUT2D eigenvalue weighted by Gasteiger charge is 2.49. The highest BCUT2D eigenvalue weighted by molar-refractivity contribution is 5.85. The van der Waals surface area contributed by atoms with Crippen LogP contribution in [-0.2, 0) is 23.9 Å². The van der Waals surface area contributed by atoms with Crippen molar-refractivity contribution in [3.8, 4) is 0 Å². The van der Waals surface area contributed by atoms with Gasteiger partial charge in [0.1, 0.15) is 6.04 Å². The van der Waals surface area contributed by atoms with Crippen LogP contribution in [0.3, 0.4) is 0 Å². The molecule has 10 heteroatoms. The van der Waals surface area contributed by atoms with E-state index in [9.17, 15) is 33.0 Å². The zero-order valence-electron chi connectivity index (χ0n) is 22.2. The molecule has 2 aromatic rings. The number of nitrogens with one attached hydrogen (secondary N) is 1. The van der Waals surface area contributed by atoms with Gasteiger partial charge in [-0.15, -0.1) is 0 Å². The quantitative estimate of drug-likeness (QED) is 0.454. The number of rotatable bonds is 8. The molecule has 2 aromatic carbocycles. The van der Waals surface area contributed by atoms with Crippen molar-refractivity contribution in [1.82, 2.24) is 15.1 Å². The van der Waals surface area contributed by atoms with E-state index in [0.29, 0.717) is 5.56 Å². The number of halogens is 3. The second kappa shape index (κ2) is 11.3. The normalized spacial score (nSPS) is 20.1. The van der Waals surface area contributed by atoms with Gasteiger partial charge in [0.05, 0.1) is 23.9 Å². The average molecular weight is 536 g/mol. The Morgan fingerprint density at radius 1 is 1.05 bits per heavy atom. The third-order valence-electron chi connectivity index (χ3n) is 6.76. The molecule has 2 amide bonds. The van der Waals surface area contributed by atoms with Crippen molar-refractivity contribution in [2.24, 2.45) is 5.92 Å². The molecule has 208 valence electrons. The summed E-state index contributed by atoms with van der Waals surface area (Å²) in [5.41, 5.74) is -0.599. The highest BCUT2D eigenvalue weighted by atomic mass is 19.4. The lowest BCUT2D eigenvalue weighted by atomic mass is 9.91. The largest absolute Gasteiger partial charge is 0.465 e. The van der Waals surface area contributed by atoms with Crippen molar-refractivity contribution in [3.05, 3.63) is 71.3 Å². The van der Waals surface area contributed by atoms with Gasteiger partial charge in [0.2, 0.25) is 5.91 Å². The predicted molar refractivity (Wildman–Crippen MR) is 137 cm³/mol. The van der Waals surface area contributed by atoms with Crippen LogP contribution in [0.25, 0.3) is 0 Å². The van der Waals surface area contributed by atoms with Crippen LogP contribution in [0.1, 0.15) is 51.3 Å². The topological polar surface area (TPSA) is 93.1 Å². The van der Waals surface area contributed by atoms with Crippen molar-refractivity contribution in [2.75, 3.05) is 0 Å². The summed E-state index contributed by atoms with van der Waals surface area (Å²) in [5, 5.41) is 24.8. The molecular weight excluding hydrogens is 499 g/mol. The smallest absolute Gasteiger partial charge is 0.416 e. The van der Waals surface area contributed by atoms with E-state index in [-0.39, 0.29) is 18.9 Å². The van der Waals surface area contributed by atoms with Crippen LogP contribution in [0, 0.1) is 5.92 Å². The lowest BCUT2D eigenvalue weighted by molar-refractivity contribution is -0.137. The maximum absolute atomic E-state index is 13.7. The van der Waals surface area contributed by atoms with Crippen LogP contribution in [0.5, 0.6) is 0 Å². The van der Waals surface area contributed by atoms with Crippen molar-refractivity contribution in [1.29, 1.82) is 0 Å². The predicted octanol–water partition coefficient (Wildman–Crippen LogP) is 4.74. The Morgan fingerprint density at radius 3 is 2.18 bits per heavy atom. The first-order valence-electron chi connectivity index (χ1n) is 12.6. The second-order valence-electron chi connectivity index (χ2n) is 11.1. The number of carbonyl (C=O) groups excluding carboxylic acids is 1. The van der Waals surface area contributed by atoms with Gasteiger partial charge in [0.15, 0.2) is 0 Å². The zero-order valence-corrected chi connectivity index (χ0v) is 22.2. The van der Waals surface area contributed by atoms with Crippen LogP contribution in [0.4, 0.5) is 18.0 Å². The molecule has 7 nitrogen and oxygen atoms in total. The summed E-state index contributed by atoms with van der Waals surface area (Å²) < 4.78 is 39.8. The van der Waals surface area contributed by atoms with E-state index in [0.717, 1.165) is 17.7 Å². The van der Waals surface area contributed by atoms with E-state index in [1.54, 1.807) is 20.8 Å². The number of aliphatic hydroxyl groups excluding tert-OH is 1. The number of amides is 2. The maximum atomic E-state index is 13.7. The fourth-order valence-corrected chi connectivity index (χ4v) is 5.05. The Balaban J connectivity index is 1.95. The summed E-state index contributed by atoms with van der Waals surface area (Å²) >= 11 is 0. The van der Waals surface area contributed by atoms with Gasteiger partial charge < -0.3 is 15.1 Å². The van der Waals surface area contributed by atoms with Crippen LogP contribution in [0.2, 0.25) is 0 Å². The molecule has 1 heterocycles. The number of alkyl halides is 3. The van der Waals surface area contributed by atoms with Gasteiger partial charge >= 0.3 is 12.3 Å². The Morgan fingerprint density at radius 2 is 1.66 bits per heavy atom. The van der Waals surface area contributed by atoms with Gasteiger partial charge in [0.25, 0.3) is 0 Å². The Hall–Kier alpha value is -3.11. The van der Waals surface area contributed by atoms with Gasteiger partial charge in [-0.3, -0.25) is 15.0 Å². The van der Waals surface area contributed by atoms with Gasteiger partial charge in [-0.1, -0.05) is 56.3 Å². The number of hydrogen-bond donors (Lipinski definition) is 3. The maximum Gasteiger partial charge on any atom is 0.416 e. The molecule has 0 aliphatic carbocycles. The Kier molecular flexibility index (Phi) is 8.78. The van der Waals surface area contributed by atoms with Crippen molar-refractivity contribution in [2.45, 2.75) is 83.7 Å². The van der Waals surface area contributed by atoms with Gasteiger partial charge in [-0.2, -0.15) is 13.2 Å². The van der Waals surface area contributed by atoms with E-state index < -0.39 is 53.6 Å².